The van der Waals surface area contributed by atoms with Crippen molar-refractivity contribution in [3.05, 3.63) is 59.7 Å². The number of rotatable bonds is 4. The molecule has 0 aromatic carbocycles. The molecule has 0 aliphatic carbocycles. The number of carbonyl (C=O) groups is 1. The molecule has 0 spiro atoms. The van der Waals surface area contributed by atoms with Crippen molar-refractivity contribution in [1.82, 2.24) is 30.2 Å². The molecule has 0 bridgehead atoms. The highest BCUT2D eigenvalue weighted by atomic mass is 32.1. The summed E-state index contributed by atoms with van der Waals surface area (Å²) in [5.74, 6) is 0.995. The van der Waals surface area contributed by atoms with Crippen LogP contribution < -0.4 is 0 Å². The third-order valence-electron chi connectivity index (χ3n) is 4.46. The second-order valence-electron chi connectivity index (χ2n) is 6.25. The first-order valence-corrected chi connectivity index (χ1v) is 9.28. The van der Waals surface area contributed by atoms with Crippen molar-refractivity contribution in [2.24, 2.45) is 0 Å². The fraction of sp³-hybridized carbons (Fsp3) is 0.167. The average Bonchev–Trinajstić information content (AvgIpc) is 3.41. The number of carbonyl (C=O) groups excluding carboxylic acids is 1. The van der Waals surface area contributed by atoms with Crippen LogP contribution in [0.2, 0.25) is 0 Å². The third kappa shape index (κ3) is 2.91. The second kappa shape index (κ2) is 6.44. The van der Waals surface area contributed by atoms with Gasteiger partial charge < -0.3 is 9.42 Å². The Kier molecular flexibility index (Phi) is 3.79. The minimum absolute atomic E-state index is 0.0441. The number of amides is 1. The fourth-order valence-electron chi connectivity index (χ4n) is 2.97. The molecule has 5 heterocycles. The van der Waals surface area contributed by atoms with E-state index in [0.717, 1.165) is 16.1 Å². The van der Waals surface area contributed by atoms with Gasteiger partial charge in [0.1, 0.15) is 0 Å². The summed E-state index contributed by atoms with van der Waals surface area (Å²) in [6, 6.07) is 9.44. The fourth-order valence-corrected chi connectivity index (χ4v) is 3.66. The Morgan fingerprint density at radius 3 is 3.00 bits per heavy atom. The zero-order valence-corrected chi connectivity index (χ0v) is 14.9. The monoisotopic (exact) mass is 378 g/mol. The van der Waals surface area contributed by atoms with E-state index in [4.69, 9.17) is 4.52 Å². The molecule has 4 aromatic rings. The van der Waals surface area contributed by atoms with Gasteiger partial charge in [0.2, 0.25) is 11.7 Å². The number of H-pyrrole nitrogens is 1. The molecule has 0 radical (unpaired) electrons. The van der Waals surface area contributed by atoms with Gasteiger partial charge in [-0.1, -0.05) is 11.2 Å². The number of pyridine rings is 1. The summed E-state index contributed by atoms with van der Waals surface area (Å²) in [7, 11) is 0. The molecule has 134 valence electrons. The Labute approximate surface area is 157 Å². The van der Waals surface area contributed by atoms with Gasteiger partial charge in [0.25, 0.3) is 5.91 Å². The first kappa shape index (κ1) is 15.9. The Hall–Kier alpha value is -3.33. The predicted octanol–water partition coefficient (Wildman–Crippen LogP) is 2.82. The summed E-state index contributed by atoms with van der Waals surface area (Å²) in [6.07, 6.45) is 3.38. The van der Waals surface area contributed by atoms with E-state index in [1.165, 1.54) is 0 Å². The number of aromatic nitrogens is 5. The summed E-state index contributed by atoms with van der Waals surface area (Å²) in [4.78, 5) is 23.9. The number of nitrogens with zero attached hydrogens (tertiary/aromatic N) is 5. The number of thiophene rings is 1. The highest BCUT2D eigenvalue weighted by Crippen LogP contribution is 2.29. The van der Waals surface area contributed by atoms with Crippen LogP contribution in [0.25, 0.3) is 22.0 Å². The van der Waals surface area contributed by atoms with Crippen molar-refractivity contribution >= 4 is 17.2 Å². The first-order chi connectivity index (χ1) is 13.3. The molecule has 1 N–H and O–H groups in total. The molecule has 4 aromatic heterocycles. The Balaban J connectivity index is 1.24. The molecule has 1 fully saturated rings. The van der Waals surface area contributed by atoms with Crippen LogP contribution >= 0.6 is 11.3 Å². The summed E-state index contributed by atoms with van der Waals surface area (Å²) >= 11 is 1.60. The number of aromatic amines is 1. The third-order valence-corrected chi connectivity index (χ3v) is 5.37. The molecule has 1 saturated heterocycles. The van der Waals surface area contributed by atoms with Gasteiger partial charge in [-0.05, 0) is 29.6 Å². The van der Waals surface area contributed by atoms with Gasteiger partial charge in [-0.15, -0.1) is 11.3 Å². The number of likely N-dealkylation sites (tertiary alicyclic amines) is 1. The molecule has 1 aliphatic heterocycles. The highest BCUT2D eigenvalue weighted by molar-refractivity contribution is 7.13. The summed E-state index contributed by atoms with van der Waals surface area (Å²) in [5.41, 5.74) is 2.07. The quantitative estimate of drug-likeness (QED) is 0.586. The van der Waals surface area contributed by atoms with Crippen LogP contribution in [0.5, 0.6) is 0 Å². The first-order valence-electron chi connectivity index (χ1n) is 8.40. The van der Waals surface area contributed by atoms with E-state index in [2.05, 4.69) is 25.3 Å². The largest absolute Gasteiger partial charge is 0.339 e. The maximum Gasteiger partial charge on any atom is 0.274 e. The molecule has 0 saturated carbocycles. The molecule has 1 aliphatic rings. The zero-order valence-electron chi connectivity index (χ0n) is 14.1. The summed E-state index contributed by atoms with van der Waals surface area (Å²) < 4.78 is 5.36. The standard InChI is InChI=1S/C18H14N6O2S/c25-18(14-7-13(21-22-14)15-4-2-6-27-15)24-9-12(10-24)17-20-16(23-26-17)11-3-1-5-19-8-11/h1-8,12H,9-10H2,(H,21,22). The van der Waals surface area contributed by atoms with Crippen LogP contribution in [0.4, 0.5) is 0 Å². The number of hydrogen-bond acceptors (Lipinski definition) is 7. The SMILES string of the molecule is O=C(c1cc(-c2cccs2)[nH]n1)N1CC(c2nc(-c3cccnc3)no2)C1. The molecule has 0 atom stereocenters. The van der Waals surface area contributed by atoms with Crippen LogP contribution in [-0.2, 0) is 0 Å². The van der Waals surface area contributed by atoms with E-state index in [-0.39, 0.29) is 11.8 Å². The summed E-state index contributed by atoms with van der Waals surface area (Å²) in [6.45, 7) is 1.07. The normalized spacial score (nSPS) is 14.3. The van der Waals surface area contributed by atoms with E-state index in [1.54, 1.807) is 34.7 Å². The number of nitrogens with one attached hydrogen (secondary N) is 1. The molecular formula is C18H14N6O2S. The lowest BCUT2D eigenvalue weighted by molar-refractivity contribution is 0.0563. The second-order valence-corrected chi connectivity index (χ2v) is 7.20. The molecule has 27 heavy (non-hydrogen) atoms. The average molecular weight is 378 g/mol. The van der Waals surface area contributed by atoms with Gasteiger partial charge >= 0.3 is 0 Å². The van der Waals surface area contributed by atoms with Crippen molar-refractivity contribution in [3.8, 4) is 22.0 Å². The molecule has 1 amide bonds. The minimum Gasteiger partial charge on any atom is -0.339 e. The van der Waals surface area contributed by atoms with E-state index in [1.807, 2.05) is 29.6 Å². The Morgan fingerprint density at radius 2 is 2.22 bits per heavy atom. The van der Waals surface area contributed by atoms with Crippen molar-refractivity contribution < 1.29 is 9.32 Å². The topological polar surface area (TPSA) is 101 Å². The van der Waals surface area contributed by atoms with Crippen molar-refractivity contribution in [2.45, 2.75) is 5.92 Å². The van der Waals surface area contributed by atoms with Gasteiger partial charge in [-0.3, -0.25) is 14.9 Å². The smallest absolute Gasteiger partial charge is 0.274 e. The van der Waals surface area contributed by atoms with Gasteiger partial charge in [-0.25, -0.2) is 0 Å². The lowest BCUT2D eigenvalue weighted by Crippen LogP contribution is -2.48. The van der Waals surface area contributed by atoms with Crippen molar-refractivity contribution in [2.75, 3.05) is 13.1 Å². The molecule has 0 unspecified atom stereocenters. The highest BCUT2D eigenvalue weighted by Gasteiger charge is 2.37. The minimum atomic E-state index is -0.0997. The van der Waals surface area contributed by atoms with Crippen molar-refractivity contribution in [1.29, 1.82) is 0 Å². The maximum atomic E-state index is 12.6. The predicted molar refractivity (Wildman–Crippen MR) is 98.1 cm³/mol. The van der Waals surface area contributed by atoms with Gasteiger partial charge in [-0.2, -0.15) is 10.1 Å². The van der Waals surface area contributed by atoms with E-state index in [0.29, 0.717) is 30.5 Å². The number of hydrogen-bond donors (Lipinski definition) is 1. The molecule has 9 heteroatoms. The van der Waals surface area contributed by atoms with Crippen LogP contribution in [0.3, 0.4) is 0 Å². The van der Waals surface area contributed by atoms with E-state index in [9.17, 15) is 4.79 Å². The molecular weight excluding hydrogens is 364 g/mol. The maximum absolute atomic E-state index is 12.6. The van der Waals surface area contributed by atoms with Crippen molar-refractivity contribution in [3.63, 3.8) is 0 Å². The Morgan fingerprint density at radius 1 is 1.30 bits per heavy atom. The molecule has 8 nitrogen and oxygen atoms in total. The van der Waals surface area contributed by atoms with Crippen LogP contribution in [-0.4, -0.2) is 49.2 Å². The van der Waals surface area contributed by atoms with Gasteiger partial charge in [0.15, 0.2) is 5.69 Å². The van der Waals surface area contributed by atoms with E-state index >= 15 is 0 Å². The lowest BCUT2D eigenvalue weighted by atomic mass is 9.99. The summed E-state index contributed by atoms with van der Waals surface area (Å²) in [5, 5.41) is 13.1. The van der Waals surface area contributed by atoms with E-state index < -0.39 is 0 Å². The molecule has 5 rings (SSSR count). The Bertz CT molecular complexity index is 1070. The van der Waals surface area contributed by atoms with Gasteiger partial charge in [0, 0.05) is 31.0 Å². The van der Waals surface area contributed by atoms with Gasteiger partial charge in [0.05, 0.1) is 16.5 Å². The lowest BCUT2D eigenvalue weighted by Gasteiger charge is -2.36. The zero-order chi connectivity index (χ0) is 18.2. The van der Waals surface area contributed by atoms with Crippen LogP contribution in [0.15, 0.2) is 52.6 Å². The van der Waals surface area contributed by atoms with Crippen LogP contribution in [0.1, 0.15) is 22.3 Å². The van der Waals surface area contributed by atoms with Crippen LogP contribution in [0, 0.1) is 0 Å².